The number of carbonyl (C=O) groups excluding carboxylic acids is 2. The molecule has 0 bridgehead atoms. The highest BCUT2D eigenvalue weighted by Crippen LogP contribution is 2.37. The first-order chi connectivity index (χ1) is 15.5. The maximum atomic E-state index is 13.5. The third kappa shape index (κ3) is 3.45. The van der Waals surface area contributed by atoms with E-state index in [-0.39, 0.29) is 17.0 Å². The van der Waals surface area contributed by atoms with Crippen LogP contribution in [0, 0.1) is 11.6 Å². The highest BCUT2D eigenvalue weighted by atomic mass is 19.1. The normalized spacial score (nSPS) is 15.4. The van der Waals surface area contributed by atoms with Crippen LogP contribution in [0.2, 0.25) is 0 Å². The number of anilines is 2. The number of benzene rings is 3. The Morgan fingerprint density at radius 2 is 1.38 bits per heavy atom. The van der Waals surface area contributed by atoms with Crippen LogP contribution in [-0.2, 0) is 9.59 Å². The number of hydrogen-bond acceptors (Lipinski definition) is 5. The lowest BCUT2D eigenvalue weighted by atomic mass is 10.0. The zero-order valence-corrected chi connectivity index (χ0v) is 16.6. The van der Waals surface area contributed by atoms with E-state index < -0.39 is 23.4 Å². The molecule has 0 atom stereocenters. The van der Waals surface area contributed by atoms with Gasteiger partial charge >= 0.3 is 0 Å². The fourth-order valence-electron chi connectivity index (χ4n) is 3.62. The molecule has 3 aromatic rings. The van der Waals surface area contributed by atoms with Gasteiger partial charge < -0.3 is 14.8 Å². The van der Waals surface area contributed by atoms with Gasteiger partial charge in [-0.3, -0.25) is 9.59 Å². The lowest BCUT2D eigenvalue weighted by Gasteiger charge is -2.19. The summed E-state index contributed by atoms with van der Waals surface area (Å²) in [5.74, 6) is -1.09. The van der Waals surface area contributed by atoms with E-state index in [0.29, 0.717) is 36.0 Å². The molecule has 160 valence electrons. The zero-order chi connectivity index (χ0) is 22.2. The second-order valence-corrected chi connectivity index (χ2v) is 7.16. The molecule has 32 heavy (non-hydrogen) atoms. The largest absolute Gasteiger partial charge is 0.486 e. The Hall–Kier alpha value is -4.20. The summed E-state index contributed by atoms with van der Waals surface area (Å²) in [6.07, 6.45) is 0. The smallest absolute Gasteiger partial charge is 0.282 e. The average molecular weight is 434 g/mol. The molecule has 0 aromatic heterocycles. The van der Waals surface area contributed by atoms with Gasteiger partial charge in [-0.2, -0.15) is 0 Å². The molecular weight excluding hydrogens is 418 g/mol. The first-order valence-corrected chi connectivity index (χ1v) is 9.82. The van der Waals surface area contributed by atoms with Crippen molar-refractivity contribution < 1.29 is 27.8 Å². The Kier molecular flexibility index (Phi) is 4.82. The van der Waals surface area contributed by atoms with Gasteiger partial charge in [-0.1, -0.05) is 12.1 Å². The summed E-state index contributed by atoms with van der Waals surface area (Å²) >= 11 is 0. The minimum atomic E-state index is -0.615. The van der Waals surface area contributed by atoms with Crippen LogP contribution in [0.1, 0.15) is 5.56 Å². The predicted octanol–water partition coefficient (Wildman–Crippen LogP) is 4.13. The van der Waals surface area contributed by atoms with E-state index in [4.69, 9.17) is 9.47 Å². The van der Waals surface area contributed by atoms with Crippen molar-refractivity contribution in [3.63, 3.8) is 0 Å². The van der Waals surface area contributed by atoms with E-state index in [0.717, 1.165) is 4.90 Å². The van der Waals surface area contributed by atoms with Crippen molar-refractivity contribution in [2.45, 2.75) is 0 Å². The summed E-state index contributed by atoms with van der Waals surface area (Å²) in [7, 11) is 0. The van der Waals surface area contributed by atoms with Gasteiger partial charge in [-0.05, 0) is 54.1 Å². The predicted molar refractivity (Wildman–Crippen MR) is 113 cm³/mol. The van der Waals surface area contributed by atoms with Crippen LogP contribution in [0.3, 0.4) is 0 Å². The van der Waals surface area contributed by atoms with Gasteiger partial charge in [-0.25, -0.2) is 13.7 Å². The van der Waals surface area contributed by atoms with Crippen molar-refractivity contribution in [2.75, 3.05) is 23.4 Å². The average Bonchev–Trinajstić information content (AvgIpc) is 3.04. The number of nitrogens with one attached hydrogen (secondary N) is 1. The van der Waals surface area contributed by atoms with Gasteiger partial charge in [-0.15, -0.1) is 0 Å². The van der Waals surface area contributed by atoms with Crippen molar-refractivity contribution in [3.05, 3.63) is 89.6 Å². The molecule has 2 aliphatic rings. The number of amides is 2. The molecule has 0 fully saturated rings. The Balaban J connectivity index is 1.58. The monoisotopic (exact) mass is 434 g/mol. The molecule has 0 saturated heterocycles. The highest BCUT2D eigenvalue weighted by molar-refractivity contribution is 6.46. The Bertz CT molecular complexity index is 1250. The lowest BCUT2D eigenvalue weighted by molar-refractivity contribution is -0.120. The molecular formula is C24H16F2N2O4. The second-order valence-electron chi connectivity index (χ2n) is 7.16. The van der Waals surface area contributed by atoms with E-state index in [9.17, 15) is 18.4 Å². The summed E-state index contributed by atoms with van der Waals surface area (Å²) in [5.41, 5.74) is 1.19. The summed E-state index contributed by atoms with van der Waals surface area (Å²) in [6.45, 7) is 0.842. The number of ether oxygens (including phenoxy) is 2. The van der Waals surface area contributed by atoms with E-state index in [1.54, 1.807) is 18.2 Å². The quantitative estimate of drug-likeness (QED) is 0.626. The number of fused-ring (bicyclic) bond motifs is 1. The fraction of sp³-hybridized carbons (Fsp3) is 0.0833. The summed E-state index contributed by atoms with van der Waals surface area (Å²) in [4.78, 5) is 27.6. The minimum absolute atomic E-state index is 0.0163. The number of rotatable bonds is 4. The highest BCUT2D eigenvalue weighted by Gasteiger charge is 2.40. The Morgan fingerprint density at radius 3 is 2.06 bits per heavy atom. The molecule has 2 amide bonds. The summed E-state index contributed by atoms with van der Waals surface area (Å²) < 4.78 is 38.0. The number of nitrogens with zero attached hydrogens (tertiary/aromatic N) is 1. The second kappa shape index (κ2) is 7.81. The molecule has 0 aliphatic carbocycles. The molecule has 6 nitrogen and oxygen atoms in total. The molecule has 0 spiro atoms. The standard InChI is InChI=1S/C24H16F2N2O4/c25-15-3-1-14(2-4-15)21-22(27-17-7-10-19-20(13-17)32-12-11-31-19)24(30)28(23(21)29)18-8-5-16(26)6-9-18/h1-10,13,27H,11-12H2. The number of imide groups is 1. The minimum Gasteiger partial charge on any atom is -0.486 e. The molecule has 1 N–H and O–H groups in total. The summed E-state index contributed by atoms with van der Waals surface area (Å²) in [5, 5.41) is 3.01. The lowest BCUT2D eigenvalue weighted by Crippen LogP contribution is -2.32. The molecule has 3 aromatic carbocycles. The van der Waals surface area contributed by atoms with Crippen LogP contribution in [-0.4, -0.2) is 25.0 Å². The topological polar surface area (TPSA) is 67.9 Å². The SMILES string of the molecule is O=C1C(Nc2ccc3c(c2)OCCO3)=C(c2ccc(F)cc2)C(=O)N1c1ccc(F)cc1. The third-order valence-corrected chi connectivity index (χ3v) is 5.11. The van der Waals surface area contributed by atoms with Crippen LogP contribution < -0.4 is 19.7 Å². The molecule has 8 heteroatoms. The van der Waals surface area contributed by atoms with Crippen molar-refractivity contribution >= 4 is 28.8 Å². The van der Waals surface area contributed by atoms with Crippen molar-refractivity contribution in [3.8, 4) is 11.5 Å². The molecule has 5 rings (SSSR count). The van der Waals surface area contributed by atoms with Crippen LogP contribution in [0.15, 0.2) is 72.4 Å². The van der Waals surface area contributed by atoms with Crippen LogP contribution in [0.4, 0.5) is 20.2 Å². The van der Waals surface area contributed by atoms with E-state index in [1.807, 2.05) is 0 Å². The van der Waals surface area contributed by atoms with Crippen molar-refractivity contribution in [1.29, 1.82) is 0 Å². The molecule has 0 unspecified atom stereocenters. The van der Waals surface area contributed by atoms with Crippen LogP contribution in [0.5, 0.6) is 11.5 Å². The Morgan fingerprint density at radius 1 is 0.750 bits per heavy atom. The van der Waals surface area contributed by atoms with Gasteiger partial charge in [0.1, 0.15) is 30.5 Å². The van der Waals surface area contributed by atoms with E-state index >= 15 is 0 Å². The number of carbonyl (C=O) groups is 2. The van der Waals surface area contributed by atoms with E-state index in [1.165, 1.54) is 48.5 Å². The van der Waals surface area contributed by atoms with Gasteiger partial charge in [0.05, 0.1) is 11.3 Å². The van der Waals surface area contributed by atoms with Gasteiger partial charge in [0.25, 0.3) is 11.8 Å². The van der Waals surface area contributed by atoms with Gasteiger partial charge in [0, 0.05) is 11.8 Å². The van der Waals surface area contributed by atoms with E-state index in [2.05, 4.69) is 5.32 Å². The summed E-state index contributed by atoms with van der Waals surface area (Å²) in [6, 6.07) is 15.4. The fourth-order valence-corrected chi connectivity index (χ4v) is 3.62. The molecule has 2 heterocycles. The first-order valence-electron chi connectivity index (χ1n) is 9.82. The number of halogens is 2. The van der Waals surface area contributed by atoms with Crippen LogP contribution in [0.25, 0.3) is 5.57 Å². The van der Waals surface area contributed by atoms with Gasteiger partial charge in [0.15, 0.2) is 11.5 Å². The zero-order valence-electron chi connectivity index (χ0n) is 16.6. The Labute approximate surface area is 181 Å². The maximum absolute atomic E-state index is 13.5. The van der Waals surface area contributed by atoms with Crippen molar-refractivity contribution in [2.24, 2.45) is 0 Å². The molecule has 0 saturated carbocycles. The maximum Gasteiger partial charge on any atom is 0.282 e. The molecule has 0 radical (unpaired) electrons. The van der Waals surface area contributed by atoms with Gasteiger partial charge in [0.2, 0.25) is 0 Å². The first kappa shape index (κ1) is 19.7. The van der Waals surface area contributed by atoms with Crippen LogP contribution >= 0.6 is 0 Å². The number of hydrogen-bond donors (Lipinski definition) is 1. The molecule has 2 aliphatic heterocycles. The van der Waals surface area contributed by atoms with Crippen molar-refractivity contribution in [1.82, 2.24) is 0 Å². The third-order valence-electron chi connectivity index (χ3n) is 5.11.